The van der Waals surface area contributed by atoms with Gasteiger partial charge in [-0.25, -0.2) is 0 Å². The lowest BCUT2D eigenvalue weighted by Crippen LogP contribution is -1.67. The van der Waals surface area contributed by atoms with Gasteiger partial charge in [-0.3, -0.25) is 4.79 Å². The lowest BCUT2D eigenvalue weighted by Gasteiger charge is -1.74. The smallest absolute Gasteiger partial charge is 0.245 e. The number of rotatable bonds is 1. The molecule has 0 saturated carbocycles. The fraction of sp³-hybridized carbons (Fsp3) is 0. The van der Waals surface area contributed by atoms with Crippen molar-refractivity contribution >= 4 is 29.2 Å². The Hall–Kier alpha value is -0.340. The van der Waals surface area contributed by atoms with E-state index in [9.17, 15) is 4.79 Å². The van der Waals surface area contributed by atoms with Crippen molar-refractivity contribution in [3.63, 3.8) is 0 Å². The Labute approximate surface area is 55.9 Å². The summed E-state index contributed by atoms with van der Waals surface area (Å²) >= 11 is 6.78. The lowest BCUT2D eigenvalue weighted by molar-refractivity contribution is 0.563. The number of halogens is 1. The molecule has 1 radical (unpaired) electrons. The molecule has 8 heavy (non-hydrogen) atoms. The predicted molar refractivity (Wildman–Crippen MR) is 34.1 cm³/mol. The van der Waals surface area contributed by atoms with E-state index < -0.39 is 0 Å². The van der Waals surface area contributed by atoms with Crippen molar-refractivity contribution in [2.75, 3.05) is 0 Å². The van der Waals surface area contributed by atoms with Gasteiger partial charge in [0.1, 0.15) is 0 Å². The zero-order chi connectivity index (χ0) is 5.98. The van der Waals surface area contributed by atoms with E-state index in [0.29, 0.717) is 9.90 Å². The predicted octanol–water partition coefficient (Wildman–Crippen LogP) is 1.86. The second kappa shape index (κ2) is 2.29. The molecule has 3 heteroatoms. The van der Waals surface area contributed by atoms with E-state index in [1.54, 1.807) is 17.7 Å². The third-order valence-electron chi connectivity index (χ3n) is 0.710. The van der Waals surface area contributed by atoms with Crippen LogP contribution in [0.4, 0.5) is 0 Å². The van der Waals surface area contributed by atoms with Crippen LogP contribution in [0.3, 0.4) is 0 Å². The Morgan fingerprint density at radius 1 is 1.75 bits per heavy atom. The van der Waals surface area contributed by atoms with Gasteiger partial charge in [-0.1, -0.05) is 11.6 Å². The summed E-state index contributed by atoms with van der Waals surface area (Å²) in [6.45, 7) is 0. The van der Waals surface area contributed by atoms with Crippen molar-refractivity contribution in [3.05, 3.63) is 21.3 Å². The second-order valence-electron chi connectivity index (χ2n) is 1.20. The lowest BCUT2D eigenvalue weighted by atomic mass is 10.5. The minimum Gasteiger partial charge on any atom is -0.284 e. The Balaban J connectivity index is 3.09. The van der Waals surface area contributed by atoms with Crippen LogP contribution >= 0.6 is 22.9 Å². The molecule has 0 bridgehead atoms. The first-order valence-corrected chi connectivity index (χ1v) is 3.21. The molecule has 1 rings (SSSR count). The van der Waals surface area contributed by atoms with Crippen molar-refractivity contribution in [1.82, 2.24) is 0 Å². The number of thiophene rings is 1. The highest BCUT2D eigenvalue weighted by Crippen LogP contribution is 2.18. The molecule has 0 N–H and O–H groups in total. The van der Waals surface area contributed by atoms with Gasteiger partial charge in [0.15, 0.2) is 0 Å². The molecule has 0 atom stereocenters. The Bertz CT molecular complexity index is 194. The van der Waals surface area contributed by atoms with E-state index in [4.69, 9.17) is 11.6 Å². The Kier molecular flexibility index (Phi) is 1.65. The molecule has 0 fully saturated rings. The zero-order valence-electron chi connectivity index (χ0n) is 3.85. The van der Waals surface area contributed by atoms with Crippen LogP contribution in [-0.2, 0) is 4.79 Å². The van der Waals surface area contributed by atoms with Crippen molar-refractivity contribution in [2.24, 2.45) is 0 Å². The van der Waals surface area contributed by atoms with E-state index in [-0.39, 0.29) is 0 Å². The molecule has 0 spiro atoms. The molecule has 1 nitrogen and oxygen atoms in total. The van der Waals surface area contributed by atoms with Crippen LogP contribution in [0.25, 0.3) is 0 Å². The van der Waals surface area contributed by atoms with Crippen LogP contribution in [0, 0.1) is 0 Å². The molecule has 1 aromatic rings. The minimum absolute atomic E-state index is 0.478. The topological polar surface area (TPSA) is 17.1 Å². The van der Waals surface area contributed by atoms with Gasteiger partial charge in [0.05, 0.1) is 9.90 Å². The largest absolute Gasteiger partial charge is 0.284 e. The molecule has 0 amide bonds. The summed E-state index contributed by atoms with van der Waals surface area (Å²) in [6.07, 6.45) is 1.71. The number of carbonyl (C=O) groups excluding carboxylic acids is 1. The summed E-state index contributed by atoms with van der Waals surface area (Å²) in [7, 11) is 0. The monoisotopic (exact) mass is 145 g/mol. The van der Waals surface area contributed by atoms with Gasteiger partial charge in [-0.15, -0.1) is 11.3 Å². The Morgan fingerprint density at radius 2 is 2.50 bits per heavy atom. The molecule has 0 aromatic carbocycles. The Morgan fingerprint density at radius 3 is 2.75 bits per heavy atom. The summed E-state index contributed by atoms with van der Waals surface area (Å²) in [5.74, 6) is 0. The summed E-state index contributed by atoms with van der Waals surface area (Å²) in [6, 6.07) is 1.67. The molecule has 0 aliphatic heterocycles. The van der Waals surface area contributed by atoms with E-state index in [0.717, 1.165) is 0 Å². The molecule has 0 aliphatic carbocycles. The fourth-order valence-electron chi connectivity index (χ4n) is 0.367. The fourth-order valence-corrected chi connectivity index (χ4v) is 1.25. The van der Waals surface area contributed by atoms with Gasteiger partial charge in [0.2, 0.25) is 6.29 Å². The summed E-state index contributed by atoms with van der Waals surface area (Å²) in [5, 5.41) is 2.24. The third-order valence-corrected chi connectivity index (χ3v) is 1.95. The number of hydrogen-bond donors (Lipinski definition) is 0. The van der Waals surface area contributed by atoms with Gasteiger partial charge >= 0.3 is 0 Å². The van der Waals surface area contributed by atoms with E-state index in [1.807, 2.05) is 0 Å². The highest BCUT2D eigenvalue weighted by molar-refractivity contribution is 7.12. The SMILES string of the molecule is O=[C]c1sccc1Cl. The first-order valence-electron chi connectivity index (χ1n) is 1.95. The summed E-state index contributed by atoms with van der Waals surface area (Å²) < 4.78 is 0. The molecule has 0 saturated heterocycles. The van der Waals surface area contributed by atoms with Gasteiger partial charge < -0.3 is 0 Å². The van der Waals surface area contributed by atoms with Crippen LogP contribution in [0.2, 0.25) is 5.02 Å². The van der Waals surface area contributed by atoms with Crippen molar-refractivity contribution in [2.45, 2.75) is 0 Å². The normalized spacial score (nSPS) is 9.12. The zero-order valence-corrected chi connectivity index (χ0v) is 5.42. The van der Waals surface area contributed by atoms with E-state index >= 15 is 0 Å². The van der Waals surface area contributed by atoms with E-state index in [2.05, 4.69) is 0 Å². The molecule has 0 aliphatic rings. The van der Waals surface area contributed by atoms with Gasteiger partial charge in [-0.2, -0.15) is 0 Å². The second-order valence-corrected chi connectivity index (χ2v) is 2.52. The average Bonchev–Trinajstić information content (AvgIpc) is 2.14. The van der Waals surface area contributed by atoms with Crippen LogP contribution in [0.5, 0.6) is 0 Å². The molecule has 1 heterocycles. The van der Waals surface area contributed by atoms with Gasteiger partial charge in [0.25, 0.3) is 0 Å². The standard InChI is InChI=1S/C5H2ClOS/c6-4-1-2-8-5(4)3-7/h1-2H. The molecule has 0 unspecified atom stereocenters. The highest BCUT2D eigenvalue weighted by atomic mass is 35.5. The highest BCUT2D eigenvalue weighted by Gasteiger charge is 1.97. The third kappa shape index (κ3) is 0.904. The van der Waals surface area contributed by atoms with Crippen LogP contribution in [-0.4, -0.2) is 6.29 Å². The maximum Gasteiger partial charge on any atom is 0.245 e. The first kappa shape index (κ1) is 5.79. The van der Waals surface area contributed by atoms with E-state index in [1.165, 1.54) is 11.3 Å². The first-order chi connectivity index (χ1) is 3.84. The van der Waals surface area contributed by atoms with Crippen molar-refractivity contribution < 1.29 is 4.79 Å². The molecule has 1 aromatic heterocycles. The molecular weight excluding hydrogens is 144 g/mol. The number of hydrogen-bond acceptors (Lipinski definition) is 2. The van der Waals surface area contributed by atoms with Crippen LogP contribution < -0.4 is 0 Å². The summed E-state index contributed by atoms with van der Waals surface area (Å²) in [4.78, 5) is 10.4. The van der Waals surface area contributed by atoms with Crippen LogP contribution in [0.15, 0.2) is 11.4 Å². The van der Waals surface area contributed by atoms with Gasteiger partial charge in [0, 0.05) is 0 Å². The maximum absolute atomic E-state index is 9.89. The van der Waals surface area contributed by atoms with Crippen molar-refractivity contribution in [1.29, 1.82) is 0 Å². The molecular formula is C5H2ClOS. The molecule has 41 valence electrons. The maximum atomic E-state index is 9.89. The quantitative estimate of drug-likeness (QED) is 0.590. The minimum atomic E-state index is 0.478. The van der Waals surface area contributed by atoms with Gasteiger partial charge in [-0.05, 0) is 11.4 Å². The summed E-state index contributed by atoms with van der Waals surface area (Å²) in [5.41, 5.74) is 0. The van der Waals surface area contributed by atoms with Crippen molar-refractivity contribution in [3.8, 4) is 0 Å². The van der Waals surface area contributed by atoms with Crippen LogP contribution in [0.1, 0.15) is 4.88 Å². The average molecular weight is 146 g/mol.